The summed E-state index contributed by atoms with van der Waals surface area (Å²) in [4.78, 5) is 28.8. The number of nitrogens with one attached hydrogen (secondary N) is 1. The number of anilines is 2. The molecule has 1 heterocycles. The quantitative estimate of drug-likeness (QED) is 0.487. The van der Waals surface area contributed by atoms with Gasteiger partial charge in [0.25, 0.3) is 0 Å². The first-order valence-corrected chi connectivity index (χ1v) is 12.0. The van der Waals surface area contributed by atoms with Crippen LogP contribution in [0.4, 0.5) is 11.4 Å². The first-order chi connectivity index (χ1) is 16.9. The van der Waals surface area contributed by atoms with E-state index in [2.05, 4.69) is 5.32 Å². The van der Waals surface area contributed by atoms with Crippen molar-refractivity contribution in [3.8, 4) is 17.2 Å². The average Bonchev–Trinajstić information content (AvgIpc) is 2.99. The van der Waals surface area contributed by atoms with E-state index in [0.717, 1.165) is 21.7 Å². The molecule has 0 bridgehead atoms. The van der Waals surface area contributed by atoms with Crippen molar-refractivity contribution < 1.29 is 23.8 Å². The molecular weight excluding hydrogens is 464 g/mol. The van der Waals surface area contributed by atoms with Crippen molar-refractivity contribution in [2.45, 2.75) is 23.5 Å². The zero-order chi connectivity index (χ0) is 24.9. The topological polar surface area (TPSA) is 77.1 Å². The van der Waals surface area contributed by atoms with Crippen molar-refractivity contribution in [2.75, 3.05) is 38.1 Å². The van der Waals surface area contributed by atoms with Crippen LogP contribution in [0.15, 0.2) is 65.6 Å². The molecular formula is C27H28N2O5S. The number of aryl methyl sites for hydroxylation is 1. The number of hydrogen-bond donors (Lipinski definition) is 1. The SMILES string of the molecule is COc1cc([C@H]2CC(=O)N(CC(=O)Nc3cccc(C)c3)c3ccccc3S2)cc(OC)c1OC. The maximum atomic E-state index is 13.5. The van der Waals surface area contributed by atoms with Gasteiger partial charge in [-0.3, -0.25) is 9.59 Å². The van der Waals surface area contributed by atoms with Crippen molar-refractivity contribution in [2.24, 2.45) is 0 Å². The molecule has 1 aliphatic heterocycles. The van der Waals surface area contributed by atoms with E-state index in [0.29, 0.717) is 22.9 Å². The number of ether oxygens (including phenoxy) is 3. The molecule has 1 atom stereocenters. The number of nitrogens with zero attached hydrogens (tertiary/aromatic N) is 1. The fourth-order valence-electron chi connectivity index (χ4n) is 4.09. The number of carbonyl (C=O) groups excluding carboxylic acids is 2. The third kappa shape index (κ3) is 5.38. The number of methoxy groups -OCH3 is 3. The Bertz CT molecular complexity index is 1220. The first-order valence-electron chi connectivity index (χ1n) is 11.2. The van der Waals surface area contributed by atoms with E-state index in [9.17, 15) is 9.59 Å². The molecule has 7 nitrogen and oxygen atoms in total. The predicted molar refractivity (Wildman–Crippen MR) is 138 cm³/mol. The zero-order valence-corrected chi connectivity index (χ0v) is 21.0. The molecule has 0 aromatic heterocycles. The second-order valence-electron chi connectivity index (χ2n) is 8.13. The van der Waals surface area contributed by atoms with Crippen LogP contribution in [0.1, 0.15) is 22.8 Å². The molecule has 3 aromatic carbocycles. The summed E-state index contributed by atoms with van der Waals surface area (Å²) in [6.07, 6.45) is 0.204. The second kappa shape index (κ2) is 10.7. The lowest BCUT2D eigenvalue weighted by molar-refractivity contribution is -0.121. The Morgan fingerprint density at radius 3 is 2.37 bits per heavy atom. The summed E-state index contributed by atoms with van der Waals surface area (Å²) >= 11 is 1.58. The van der Waals surface area contributed by atoms with Gasteiger partial charge in [-0.05, 0) is 54.4 Å². The van der Waals surface area contributed by atoms with Crippen LogP contribution in [-0.2, 0) is 9.59 Å². The number of rotatable bonds is 7. The molecule has 8 heteroatoms. The first kappa shape index (κ1) is 24.5. The summed E-state index contributed by atoms with van der Waals surface area (Å²) in [5.74, 6) is 1.16. The van der Waals surface area contributed by atoms with Gasteiger partial charge in [0.15, 0.2) is 11.5 Å². The number of hydrogen-bond acceptors (Lipinski definition) is 6. The molecule has 0 aliphatic carbocycles. The summed E-state index contributed by atoms with van der Waals surface area (Å²) in [5, 5.41) is 2.69. The van der Waals surface area contributed by atoms with Gasteiger partial charge in [0, 0.05) is 22.3 Å². The van der Waals surface area contributed by atoms with Crippen LogP contribution in [0.5, 0.6) is 17.2 Å². The fourth-order valence-corrected chi connectivity index (χ4v) is 5.35. The van der Waals surface area contributed by atoms with Gasteiger partial charge in [0.05, 0.1) is 27.0 Å². The molecule has 1 aliphatic rings. The van der Waals surface area contributed by atoms with Gasteiger partial charge in [0.2, 0.25) is 17.6 Å². The summed E-state index contributed by atoms with van der Waals surface area (Å²) in [6.45, 7) is 1.89. The van der Waals surface area contributed by atoms with Crippen molar-refractivity contribution in [1.82, 2.24) is 0 Å². The standard InChI is InChI=1S/C27H28N2O5S/c1-17-8-7-9-19(12-17)28-25(30)16-29-20-10-5-6-11-23(20)35-24(15-26(29)31)18-13-21(32-2)27(34-4)22(14-18)33-3/h5-14,24H,15-16H2,1-4H3,(H,28,30)/t24-/m1/s1. The average molecular weight is 493 g/mol. The lowest BCUT2D eigenvalue weighted by Crippen LogP contribution is -2.38. The Balaban J connectivity index is 1.63. The van der Waals surface area contributed by atoms with Crippen molar-refractivity contribution in [3.63, 3.8) is 0 Å². The van der Waals surface area contributed by atoms with Gasteiger partial charge in [0.1, 0.15) is 6.54 Å². The van der Waals surface area contributed by atoms with E-state index < -0.39 is 0 Å². The van der Waals surface area contributed by atoms with Crippen molar-refractivity contribution >= 4 is 35.0 Å². The molecule has 4 rings (SSSR count). The number of carbonyl (C=O) groups is 2. The zero-order valence-electron chi connectivity index (χ0n) is 20.2. The fraction of sp³-hybridized carbons (Fsp3) is 0.259. The van der Waals surface area contributed by atoms with Crippen LogP contribution in [0.25, 0.3) is 0 Å². The summed E-state index contributed by atoms with van der Waals surface area (Å²) in [5.41, 5.74) is 3.34. The van der Waals surface area contributed by atoms with Gasteiger partial charge >= 0.3 is 0 Å². The molecule has 0 saturated carbocycles. The number of para-hydroxylation sites is 1. The van der Waals surface area contributed by atoms with Crippen LogP contribution < -0.4 is 24.4 Å². The molecule has 1 N–H and O–H groups in total. The largest absolute Gasteiger partial charge is 0.493 e. The number of benzene rings is 3. The maximum Gasteiger partial charge on any atom is 0.244 e. The molecule has 0 spiro atoms. The Hall–Kier alpha value is -3.65. The molecule has 0 fully saturated rings. The lowest BCUT2D eigenvalue weighted by Gasteiger charge is -2.22. The highest BCUT2D eigenvalue weighted by Crippen LogP contribution is 2.49. The molecule has 35 heavy (non-hydrogen) atoms. The smallest absolute Gasteiger partial charge is 0.244 e. The maximum absolute atomic E-state index is 13.5. The minimum absolute atomic E-state index is 0.0771. The number of amides is 2. The van der Waals surface area contributed by atoms with E-state index in [1.165, 1.54) is 0 Å². The molecule has 0 saturated heterocycles. The van der Waals surface area contributed by atoms with E-state index in [1.54, 1.807) is 38.0 Å². The molecule has 0 unspecified atom stereocenters. The van der Waals surface area contributed by atoms with Crippen molar-refractivity contribution in [1.29, 1.82) is 0 Å². The minimum Gasteiger partial charge on any atom is -0.493 e. The summed E-state index contributed by atoms with van der Waals surface area (Å²) in [6, 6.07) is 19.0. The number of thioether (sulfide) groups is 1. The summed E-state index contributed by atoms with van der Waals surface area (Å²) < 4.78 is 16.5. The van der Waals surface area contributed by atoms with Crippen molar-refractivity contribution in [3.05, 3.63) is 71.8 Å². The molecule has 0 radical (unpaired) electrons. The van der Waals surface area contributed by atoms with Crippen LogP contribution in [0.3, 0.4) is 0 Å². The van der Waals surface area contributed by atoms with E-state index in [1.807, 2.05) is 67.6 Å². The highest BCUT2D eigenvalue weighted by Gasteiger charge is 2.31. The van der Waals surface area contributed by atoms with Crippen LogP contribution in [0.2, 0.25) is 0 Å². The monoisotopic (exact) mass is 492 g/mol. The Morgan fingerprint density at radius 1 is 1.00 bits per heavy atom. The van der Waals surface area contributed by atoms with E-state index in [-0.39, 0.29) is 30.0 Å². The van der Waals surface area contributed by atoms with Gasteiger partial charge in [-0.2, -0.15) is 0 Å². The molecule has 2 amide bonds. The van der Waals surface area contributed by atoms with Crippen LogP contribution in [-0.4, -0.2) is 39.7 Å². The molecule has 3 aromatic rings. The van der Waals surface area contributed by atoms with E-state index in [4.69, 9.17) is 14.2 Å². The third-order valence-corrected chi connectivity index (χ3v) is 7.07. The normalized spacial score (nSPS) is 15.1. The second-order valence-corrected chi connectivity index (χ2v) is 9.38. The Kier molecular flexibility index (Phi) is 7.51. The Morgan fingerprint density at radius 2 is 1.71 bits per heavy atom. The van der Waals surface area contributed by atoms with Gasteiger partial charge < -0.3 is 24.4 Å². The van der Waals surface area contributed by atoms with E-state index >= 15 is 0 Å². The van der Waals surface area contributed by atoms with Crippen LogP contribution >= 0.6 is 11.8 Å². The van der Waals surface area contributed by atoms with Gasteiger partial charge in [-0.15, -0.1) is 11.8 Å². The van der Waals surface area contributed by atoms with Crippen LogP contribution in [0, 0.1) is 6.92 Å². The summed E-state index contributed by atoms with van der Waals surface area (Å²) in [7, 11) is 4.69. The predicted octanol–water partition coefficient (Wildman–Crippen LogP) is 5.23. The van der Waals surface area contributed by atoms with Gasteiger partial charge in [-0.1, -0.05) is 24.3 Å². The lowest BCUT2D eigenvalue weighted by atomic mass is 10.1. The number of fused-ring (bicyclic) bond motifs is 1. The minimum atomic E-state index is -0.255. The van der Waals surface area contributed by atoms with Gasteiger partial charge in [-0.25, -0.2) is 0 Å². The Labute approximate surface area is 209 Å². The molecule has 182 valence electrons. The highest BCUT2D eigenvalue weighted by atomic mass is 32.2. The highest BCUT2D eigenvalue weighted by molar-refractivity contribution is 7.99. The third-order valence-electron chi connectivity index (χ3n) is 5.75.